The van der Waals surface area contributed by atoms with Gasteiger partial charge in [-0.3, -0.25) is 4.90 Å². The average molecular weight is 291 g/mol. The first-order valence-corrected chi connectivity index (χ1v) is 8.19. The third-order valence-electron chi connectivity index (χ3n) is 3.78. The zero-order valence-corrected chi connectivity index (χ0v) is 12.9. The van der Waals surface area contributed by atoms with Crippen molar-refractivity contribution in [3.05, 3.63) is 34.4 Å². The van der Waals surface area contributed by atoms with E-state index >= 15 is 0 Å². The summed E-state index contributed by atoms with van der Waals surface area (Å²) in [7, 11) is 0. The molecule has 1 aliphatic rings. The number of rotatable bonds is 4. The number of piperidine rings is 1. The van der Waals surface area contributed by atoms with Crippen molar-refractivity contribution < 1.29 is 4.42 Å². The van der Waals surface area contributed by atoms with Crippen molar-refractivity contribution in [2.75, 3.05) is 6.54 Å². The number of hydrogen-bond donors (Lipinski definition) is 0. The lowest BCUT2D eigenvalue weighted by Crippen LogP contribution is -2.33. The molecule has 1 unspecified atom stereocenters. The number of hydrogen-bond acceptors (Lipinski definition) is 5. The van der Waals surface area contributed by atoms with E-state index in [1.165, 1.54) is 24.3 Å². The summed E-state index contributed by atoms with van der Waals surface area (Å²) in [5.41, 5.74) is 1.04. The topological polar surface area (TPSA) is 42.2 Å². The van der Waals surface area contributed by atoms with E-state index in [2.05, 4.69) is 34.1 Å². The van der Waals surface area contributed by atoms with Crippen molar-refractivity contribution in [3.63, 3.8) is 0 Å². The summed E-state index contributed by atoms with van der Waals surface area (Å²) in [4.78, 5) is 11.6. The van der Waals surface area contributed by atoms with Gasteiger partial charge < -0.3 is 4.42 Å². The van der Waals surface area contributed by atoms with E-state index in [1.54, 1.807) is 11.3 Å². The third-order valence-corrected chi connectivity index (χ3v) is 4.66. The van der Waals surface area contributed by atoms with Gasteiger partial charge in [-0.25, -0.2) is 9.97 Å². The van der Waals surface area contributed by atoms with Crippen LogP contribution in [0.2, 0.25) is 0 Å². The Morgan fingerprint density at radius 2 is 2.35 bits per heavy atom. The van der Waals surface area contributed by atoms with Crippen LogP contribution in [0.15, 0.2) is 22.3 Å². The van der Waals surface area contributed by atoms with Gasteiger partial charge in [0.1, 0.15) is 11.3 Å². The van der Waals surface area contributed by atoms with Crippen molar-refractivity contribution in [1.82, 2.24) is 14.9 Å². The number of thiazole rings is 1. The van der Waals surface area contributed by atoms with Crippen LogP contribution in [0.5, 0.6) is 0 Å². The van der Waals surface area contributed by atoms with Crippen LogP contribution in [-0.4, -0.2) is 21.4 Å². The summed E-state index contributed by atoms with van der Waals surface area (Å²) in [5, 5.41) is 3.30. The Morgan fingerprint density at radius 3 is 3.05 bits per heavy atom. The van der Waals surface area contributed by atoms with E-state index in [-0.39, 0.29) is 0 Å². The summed E-state index contributed by atoms with van der Waals surface area (Å²) in [6.07, 6.45) is 7.46. The first-order chi connectivity index (χ1) is 9.74. The maximum absolute atomic E-state index is 5.54. The Morgan fingerprint density at radius 1 is 1.45 bits per heavy atom. The van der Waals surface area contributed by atoms with Crippen LogP contribution < -0.4 is 0 Å². The second kappa shape index (κ2) is 6.06. The van der Waals surface area contributed by atoms with Gasteiger partial charge in [0, 0.05) is 24.0 Å². The van der Waals surface area contributed by atoms with Crippen molar-refractivity contribution >= 4 is 11.3 Å². The van der Waals surface area contributed by atoms with Crippen LogP contribution >= 0.6 is 11.3 Å². The molecule has 3 heterocycles. The predicted molar refractivity (Wildman–Crippen MR) is 79.7 cm³/mol. The molecule has 5 heteroatoms. The molecule has 1 saturated heterocycles. The van der Waals surface area contributed by atoms with Crippen molar-refractivity contribution in [2.45, 2.75) is 51.6 Å². The standard InChI is InChI=1S/C15H21N3OS/c1-11(2)14-17-12(10-19-14)9-18-7-4-3-5-13(18)15-16-6-8-20-15/h6,8,10-11,13H,3-5,7,9H2,1-2H3. The molecule has 0 amide bonds. The molecule has 0 radical (unpaired) electrons. The predicted octanol–water partition coefficient (Wildman–Crippen LogP) is 3.98. The lowest BCUT2D eigenvalue weighted by Gasteiger charge is -2.33. The molecule has 4 nitrogen and oxygen atoms in total. The monoisotopic (exact) mass is 291 g/mol. The van der Waals surface area contributed by atoms with E-state index in [9.17, 15) is 0 Å². The highest BCUT2D eigenvalue weighted by Gasteiger charge is 2.26. The summed E-state index contributed by atoms with van der Waals surface area (Å²) < 4.78 is 5.54. The van der Waals surface area contributed by atoms with Gasteiger partial charge in [-0.15, -0.1) is 11.3 Å². The second-order valence-electron chi connectivity index (χ2n) is 5.68. The lowest BCUT2D eigenvalue weighted by molar-refractivity contribution is 0.138. The number of nitrogens with zero attached hydrogens (tertiary/aromatic N) is 3. The SMILES string of the molecule is CC(C)c1nc(CN2CCCCC2c2nccs2)co1. The minimum Gasteiger partial charge on any atom is -0.448 e. The fraction of sp³-hybridized carbons (Fsp3) is 0.600. The molecule has 1 aliphatic heterocycles. The largest absolute Gasteiger partial charge is 0.448 e. The van der Waals surface area contributed by atoms with Gasteiger partial charge in [-0.1, -0.05) is 20.3 Å². The molecule has 2 aromatic rings. The van der Waals surface area contributed by atoms with E-state index in [0.29, 0.717) is 12.0 Å². The Balaban J connectivity index is 1.73. The molecule has 0 aromatic carbocycles. The first kappa shape index (κ1) is 13.8. The molecule has 0 saturated carbocycles. The molecule has 2 aromatic heterocycles. The number of likely N-dealkylation sites (tertiary alicyclic amines) is 1. The number of aromatic nitrogens is 2. The Kier molecular flexibility index (Phi) is 4.17. The fourth-order valence-electron chi connectivity index (χ4n) is 2.73. The van der Waals surface area contributed by atoms with Gasteiger partial charge in [-0.2, -0.15) is 0 Å². The summed E-state index contributed by atoms with van der Waals surface area (Å²) in [6, 6.07) is 0.447. The highest BCUT2D eigenvalue weighted by atomic mass is 32.1. The molecule has 3 rings (SSSR count). The van der Waals surface area contributed by atoms with Gasteiger partial charge in [-0.05, 0) is 19.4 Å². The normalized spacial score (nSPS) is 20.6. The van der Waals surface area contributed by atoms with Crippen LogP contribution in [0.1, 0.15) is 61.7 Å². The van der Waals surface area contributed by atoms with Crippen molar-refractivity contribution in [3.8, 4) is 0 Å². The van der Waals surface area contributed by atoms with Crippen LogP contribution in [-0.2, 0) is 6.54 Å². The maximum Gasteiger partial charge on any atom is 0.196 e. The summed E-state index contributed by atoms with van der Waals surface area (Å²) in [6.45, 7) is 6.19. The van der Waals surface area contributed by atoms with Gasteiger partial charge in [0.05, 0.1) is 11.7 Å². The van der Waals surface area contributed by atoms with Gasteiger partial charge in [0.15, 0.2) is 5.89 Å². The minimum atomic E-state index is 0.347. The van der Waals surface area contributed by atoms with E-state index in [0.717, 1.165) is 24.7 Å². The summed E-state index contributed by atoms with van der Waals surface area (Å²) >= 11 is 1.76. The van der Waals surface area contributed by atoms with Gasteiger partial charge in [0.2, 0.25) is 0 Å². The zero-order chi connectivity index (χ0) is 13.9. The fourth-order valence-corrected chi connectivity index (χ4v) is 3.53. The van der Waals surface area contributed by atoms with E-state index in [1.807, 2.05) is 12.5 Å². The molecule has 1 atom stereocenters. The highest BCUT2D eigenvalue weighted by Crippen LogP contribution is 2.33. The smallest absolute Gasteiger partial charge is 0.196 e. The van der Waals surface area contributed by atoms with Gasteiger partial charge in [0.25, 0.3) is 0 Å². The Bertz CT molecular complexity index is 535. The molecule has 20 heavy (non-hydrogen) atoms. The molecule has 108 valence electrons. The zero-order valence-electron chi connectivity index (χ0n) is 12.1. The summed E-state index contributed by atoms with van der Waals surface area (Å²) in [5.74, 6) is 1.18. The molecule has 1 fully saturated rings. The molecular weight excluding hydrogens is 270 g/mol. The minimum absolute atomic E-state index is 0.347. The van der Waals surface area contributed by atoms with Crippen molar-refractivity contribution in [2.24, 2.45) is 0 Å². The first-order valence-electron chi connectivity index (χ1n) is 7.32. The van der Waals surface area contributed by atoms with Crippen LogP contribution in [0.25, 0.3) is 0 Å². The van der Waals surface area contributed by atoms with Crippen molar-refractivity contribution in [1.29, 1.82) is 0 Å². The molecule has 0 bridgehead atoms. The molecule has 0 spiro atoms. The highest BCUT2D eigenvalue weighted by molar-refractivity contribution is 7.09. The van der Waals surface area contributed by atoms with Crippen LogP contribution in [0.3, 0.4) is 0 Å². The average Bonchev–Trinajstić information content (AvgIpc) is 3.10. The molecule has 0 N–H and O–H groups in total. The van der Waals surface area contributed by atoms with E-state index < -0.39 is 0 Å². The number of oxazole rings is 1. The van der Waals surface area contributed by atoms with Crippen LogP contribution in [0, 0.1) is 0 Å². The molecular formula is C15H21N3OS. The second-order valence-corrected chi connectivity index (χ2v) is 6.61. The molecule has 0 aliphatic carbocycles. The Labute approximate surface area is 123 Å². The third kappa shape index (κ3) is 2.94. The van der Waals surface area contributed by atoms with Crippen LogP contribution in [0.4, 0.5) is 0 Å². The lowest BCUT2D eigenvalue weighted by atomic mass is 10.0. The Hall–Kier alpha value is -1.20. The maximum atomic E-state index is 5.54. The quantitative estimate of drug-likeness (QED) is 0.854. The van der Waals surface area contributed by atoms with Gasteiger partial charge >= 0.3 is 0 Å². The van der Waals surface area contributed by atoms with E-state index in [4.69, 9.17) is 4.42 Å².